The van der Waals surface area contributed by atoms with Crippen molar-refractivity contribution in [3.63, 3.8) is 0 Å². The molecule has 0 amide bonds. The monoisotopic (exact) mass is 276 g/mol. The molecule has 1 rings (SSSR count). The normalized spacial score (nSPS) is 11.3. The fourth-order valence-electron chi connectivity index (χ4n) is 1.78. The number of nitrogens with zero attached hydrogens (tertiary/aromatic N) is 4. The van der Waals surface area contributed by atoms with Gasteiger partial charge in [0, 0.05) is 25.3 Å². The van der Waals surface area contributed by atoms with Crippen LogP contribution >= 0.6 is 0 Å². The van der Waals surface area contributed by atoms with E-state index >= 15 is 0 Å². The van der Waals surface area contributed by atoms with Gasteiger partial charge in [-0.25, -0.2) is 9.98 Å². The fourth-order valence-corrected chi connectivity index (χ4v) is 1.78. The lowest BCUT2D eigenvalue weighted by Crippen LogP contribution is -2.24. The van der Waals surface area contributed by atoms with Gasteiger partial charge in [0.2, 0.25) is 5.95 Å². The Bertz CT molecular complexity index is 424. The minimum Gasteiger partial charge on any atom is -0.379 e. The van der Waals surface area contributed by atoms with Crippen LogP contribution in [0.2, 0.25) is 0 Å². The molecule has 0 aliphatic rings. The average Bonchev–Trinajstić information content (AvgIpc) is 2.42. The minimum absolute atomic E-state index is 0.319. The number of anilines is 2. The molecule has 0 unspecified atom stereocenters. The van der Waals surface area contributed by atoms with Gasteiger partial charge in [0.15, 0.2) is 5.82 Å². The van der Waals surface area contributed by atoms with Crippen molar-refractivity contribution in [2.75, 3.05) is 23.3 Å². The molecule has 1 N–H and O–H groups in total. The van der Waals surface area contributed by atoms with E-state index in [-0.39, 0.29) is 0 Å². The van der Waals surface area contributed by atoms with Crippen LogP contribution in [0.1, 0.15) is 40.5 Å². The highest BCUT2D eigenvalue weighted by Gasteiger charge is 2.10. The maximum absolute atomic E-state index is 4.57. The summed E-state index contributed by atoms with van der Waals surface area (Å²) >= 11 is 0. The van der Waals surface area contributed by atoms with Gasteiger partial charge in [-0.05, 0) is 40.5 Å². The van der Waals surface area contributed by atoms with Crippen LogP contribution in [0, 0.1) is 6.92 Å². The van der Waals surface area contributed by atoms with Gasteiger partial charge in [0.1, 0.15) is 0 Å². The van der Waals surface area contributed by atoms with Gasteiger partial charge in [-0.1, -0.05) is 6.92 Å². The Morgan fingerprint density at radius 1 is 1.40 bits per heavy atom. The third kappa shape index (κ3) is 4.79. The summed E-state index contributed by atoms with van der Waals surface area (Å²) < 4.78 is 0. The van der Waals surface area contributed by atoms with Gasteiger partial charge in [0.05, 0.1) is 11.9 Å². The molecular formula is C15H26N5. The minimum atomic E-state index is 0.319. The molecule has 5 nitrogen and oxygen atoms in total. The smallest absolute Gasteiger partial charge is 0.227 e. The van der Waals surface area contributed by atoms with E-state index in [1.807, 2.05) is 12.4 Å². The molecule has 0 aromatic carbocycles. The molecular weight excluding hydrogens is 250 g/mol. The summed E-state index contributed by atoms with van der Waals surface area (Å²) in [6.07, 6.45) is 5.38. The van der Waals surface area contributed by atoms with Crippen molar-refractivity contribution in [2.45, 2.75) is 46.6 Å². The van der Waals surface area contributed by atoms with E-state index in [1.165, 1.54) is 0 Å². The highest BCUT2D eigenvalue weighted by atomic mass is 15.3. The quantitative estimate of drug-likeness (QED) is 0.739. The molecule has 1 aromatic rings. The predicted molar refractivity (Wildman–Crippen MR) is 87.1 cm³/mol. The Hall–Kier alpha value is -1.65. The van der Waals surface area contributed by atoms with E-state index in [9.17, 15) is 0 Å². The predicted octanol–water partition coefficient (Wildman–Crippen LogP) is 3.46. The maximum Gasteiger partial charge on any atom is 0.227 e. The largest absolute Gasteiger partial charge is 0.379 e. The standard InChI is InChI=1S/C15H26N5/c1-6-9-10-16-14-13(18-12(4)5)11-17-15(19-14)20(7-2)8-3/h10-12,18H,1,6-9H2,2-5H3. The highest BCUT2D eigenvalue weighted by molar-refractivity contribution is 5.70. The maximum atomic E-state index is 4.57. The van der Waals surface area contributed by atoms with E-state index in [0.717, 1.165) is 37.6 Å². The molecule has 20 heavy (non-hydrogen) atoms. The summed E-state index contributed by atoms with van der Waals surface area (Å²) in [6.45, 7) is 13.9. The van der Waals surface area contributed by atoms with Crippen molar-refractivity contribution in [3.8, 4) is 0 Å². The lowest BCUT2D eigenvalue weighted by molar-refractivity contribution is 0.819. The van der Waals surface area contributed by atoms with Crippen molar-refractivity contribution in [1.29, 1.82) is 0 Å². The van der Waals surface area contributed by atoms with Crippen molar-refractivity contribution in [2.24, 2.45) is 4.99 Å². The Balaban J connectivity index is 3.06. The van der Waals surface area contributed by atoms with Crippen LogP contribution in [-0.2, 0) is 0 Å². The molecule has 1 heterocycles. The van der Waals surface area contributed by atoms with Gasteiger partial charge in [-0.15, -0.1) is 0 Å². The zero-order chi connectivity index (χ0) is 15.0. The van der Waals surface area contributed by atoms with Crippen LogP contribution in [-0.4, -0.2) is 35.3 Å². The van der Waals surface area contributed by atoms with E-state index < -0.39 is 0 Å². The van der Waals surface area contributed by atoms with Gasteiger partial charge in [0.25, 0.3) is 0 Å². The second-order valence-corrected chi connectivity index (χ2v) is 4.83. The fraction of sp³-hybridized carbons (Fsp3) is 0.600. The summed E-state index contributed by atoms with van der Waals surface area (Å²) in [4.78, 5) is 15.6. The Kier molecular flexibility index (Phi) is 6.98. The Morgan fingerprint density at radius 3 is 2.65 bits per heavy atom. The third-order valence-corrected chi connectivity index (χ3v) is 2.79. The van der Waals surface area contributed by atoms with Crippen molar-refractivity contribution < 1.29 is 0 Å². The SMILES string of the molecule is [CH2]CCC=Nc1nc(N(CC)CC)ncc1NC(C)C. The van der Waals surface area contributed by atoms with Crippen molar-refractivity contribution in [1.82, 2.24) is 9.97 Å². The molecule has 0 fully saturated rings. The molecule has 0 aliphatic heterocycles. The topological polar surface area (TPSA) is 53.4 Å². The number of aromatic nitrogens is 2. The van der Waals surface area contributed by atoms with Crippen LogP contribution in [0.15, 0.2) is 11.2 Å². The van der Waals surface area contributed by atoms with Crippen molar-refractivity contribution in [3.05, 3.63) is 13.1 Å². The molecule has 0 aliphatic carbocycles. The average molecular weight is 276 g/mol. The summed E-state index contributed by atoms with van der Waals surface area (Å²) in [5, 5.41) is 3.33. The first-order valence-corrected chi connectivity index (χ1v) is 7.32. The lowest BCUT2D eigenvalue weighted by atomic mass is 10.3. The second kappa shape index (κ2) is 8.51. The number of hydrogen-bond donors (Lipinski definition) is 1. The molecule has 5 heteroatoms. The van der Waals surface area contributed by atoms with E-state index in [1.54, 1.807) is 0 Å². The van der Waals surface area contributed by atoms with Gasteiger partial charge >= 0.3 is 0 Å². The Morgan fingerprint density at radius 2 is 2.10 bits per heavy atom. The molecule has 0 bridgehead atoms. The zero-order valence-electron chi connectivity index (χ0n) is 13.1. The van der Waals surface area contributed by atoms with Gasteiger partial charge in [-0.3, -0.25) is 0 Å². The molecule has 1 aromatic heterocycles. The van der Waals surface area contributed by atoms with Crippen LogP contribution in [0.4, 0.5) is 17.5 Å². The van der Waals surface area contributed by atoms with E-state index in [0.29, 0.717) is 11.9 Å². The van der Waals surface area contributed by atoms with Crippen molar-refractivity contribution >= 4 is 23.7 Å². The van der Waals surface area contributed by atoms with E-state index in [4.69, 9.17) is 0 Å². The van der Waals surface area contributed by atoms with Crippen LogP contribution in [0.25, 0.3) is 0 Å². The molecule has 0 saturated carbocycles. The highest BCUT2D eigenvalue weighted by Crippen LogP contribution is 2.24. The first-order chi connectivity index (χ1) is 9.62. The summed E-state index contributed by atoms with van der Waals surface area (Å²) in [5.41, 5.74) is 0.871. The van der Waals surface area contributed by atoms with Crippen LogP contribution in [0.3, 0.4) is 0 Å². The third-order valence-electron chi connectivity index (χ3n) is 2.79. The lowest BCUT2D eigenvalue weighted by Gasteiger charge is -2.20. The Labute approximate surface area is 122 Å². The second-order valence-electron chi connectivity index (χ2n) is 4.83. The first-order valence-electron chi connectivity index (χ1n) is 7.32. The summed E-state index contributed by atoms with van der Waals surface area (Å²) in [7, 11) is 0. The number of rotatable bonds is 8. The number of hydrogen-bond acceptors (Lipinski definition) is 5. The molecule has 1 radical (unpaired) electrons. The number of aliphatic imine (C=N–C) groups is 1. The van der Waals surface area contributed by atoms with E-state index in [2.05, 4.69) is 59.8 Å². The van der Waals surface area contributed by atoms with Crippen LogP contribution < -0.4 is 10.2 Å². The molecule has 0 atom stereocenters. The zero-order valence-corrected chi connectivity index (χ0v) is 13.1. The first kappa shape index (κ1) is 16.4. The molecule has 0 saturated heterocycles. The number of unbranched alkanes of at least 4 members (excludes halogenated alkanes) is 1. The number of nitrogens with one attached hydrogen (secondary N) is 1. The molecule has 0 spiro atoms. The molecule has 111 valence electrons. The van der Waals surface area contributed by atoms with Gasteiger partial charge < -0.3 is 10.2 Å². The summed E-state index contributed by atoms with van der Waals surface area (Å²) in [5.74, 6) is 1.43. The van der Waals surface area contributed by atoms with Gasteiger partial charge in [-0.2, -0.15) is 4.98 Å². The summed E-state index contributed by atoms with van der Waals surface area (Å²) in [6, 6.07) is 0.319. The van der Waals surface area contributed by atoms with Crippen LogP contribution in [0.5, 0.6) is 0 Å².